The van der Waals surface area contributed by atoms with Crippen LogP contribution in [0.2, 0.25) is 5.02 Å². The average molecular weight is 409 g/mol. The van der Waals surface area contributed by atoms with Crippen LogP contribution in [-0.2, 0) is 10.2 Å². The van der Waals surface area contributed by atoms with E-state index in [4.69, 9.17) is 11.6 Å². The van der Waals surface area contributed by atoms with E-state index in [0.717, 1.165) is 31.3 Å². The number of aromatic nitrogens is 1. The van der Waals surface area contributed by atoms with E-state index < -0.39 is 27.9 Å². The number of nitrogens with one attached hydrogen (secondary N) is 1. The predicted octanol–water partition coefficient (Wildman–Crippen LogP) is 4.76. The Hall–Kier alpha value is -1.92. The van der Waals surface area contributed by atoms with Gasteiger partial charge in [0.15, 0.2) is 11.6 Å². The zero-order valence-electron chi connectivity index (χ0n) is 15.4. The van der Waals surface area contributed by atoms with Crippen LogP contribution in [0.4, 0.5) is 13.2 Å². The van der Waals surface area contributed by atoms with Crippen molar-refractivity contribution in [2.75, 3.05) is 13.6 Å². The number of likely N-dealkylation sites (N-methyl/N-ethyl adjacent to an activating group) is 1. The van der Waals surface area contributed by atoms with Crippen LogP contribution in [0.3, 0.4) is 0 Å². The molecule has 1 atom stereocenters. The predicted molar refractivity (Wildman–Crippen MR) is 101 cm³/mol. The summed E-state index contributed by atoms with van der Waals surface area (Å²) < 4.78 is 43.6. The summed E-state index contributed by atoms with van der Waals surface area (Å²) in [7, 11) is 1.83. The Morgan fingerprint density at radius 3 is 2.57 bits per heavy atom. The Kier molecular flexibility index (Phi) is 4.96. The minimum absolute atomic E-state index is 0.0320. The maximum Gasteiger partial charge on any atom is 0.154 e. The molecule has 0 radical (unpaired) electrons. The van der Waals surface area contributed by atoms with Gasteiger partial charge in [0, 0.05) is 29.3 Å². The van der Waals surface area contributed by atoms with Crippen LogP contribution in [0.5, 0.6) is 0 Å². The Morgan fingerprint density at radius 1 is 1.29 bits per heavy atom. The first-order chi connectivity index (χ1) is 13.4. The first kappa shape index (κ1) is 19.4. The highest BCUT2D eigenvalue weighted by Crippen LogP contribution is 2.50. The molecule has 7 heteroatoms. The summed E-state index contributed by atoms with van der Waals surface area (Å²) in [4.78, 5) is 16.1. The van der Waals surface area contributed by atoms with E-state index in [1.54, 1.807) is 6.07 Å². The summed E-state index contributed by atoms with van der Waals surface area (Å²) in [5, 5.41) is 2.43. The third-order valence-electron chi connectivity index (χ3n) is 5.81. The molecule has 1 heterocycles. The summed E-state index contributed by atoms with van der Waals surface area (Å²) in [5.74, 6) is -2.27. The third-order valence-corrected chi connectivity index (χ3v) is 6.16. The van der Waals surface area contributed by atoms with E-state index in [1.165, 1.54) is 0 Å². The van der Waals surface area contributed by atoms with E-state index in [-0.39, 0.29) is 22.7 Å². The third kappa shape index (κ3) is 3.22. The van der Waals surface area contributed by atoms with Gasteiger partial charge in [-0.25, -0.2) is 18.2 Å². The van der Waals surface area contributed by atoms with Gasteiger partial charge in [0.2, 0.25) is 0 Å². The van der Waals surface area contributed by atoms with Crippen LogP contribution in [0.25, 0.3) is 11.3 Å². The number of hydrogen-bond donors (Lipinski definition) is 1. The minimum Gasteiger partial charge on any atom is -0.319 e. The number of carbonyl (C=O) groups is 1. The second kappa shape index (κ2) is 7.16. The van der Waals surface area contributed by atoms with Crippen molar-refractivity contribution < 1.29 is 18.0 Å². The molecule has 2 aliphatic carbocycles. The second-order valence-corrected chi connectivity index (χ2v) is 8.13. The van der Waals surface area contributed by atoms with Gasteiger partial charge in [-0.15, -0.1) is 0 Å². The van der Waals surface area contributed by atoms with Gasteiger partial charge in [0.1, 0.15) is 22.8 Å². The molecule has 0 saturated heterocycles. The standard InChI is InChI=1S/C21H20ClF3N2O/c1-26-9-13(11-2-3-11)16-8-14(21(10-28)6-7-21)19(25)20(27-16)12-4-5-15(23)17(22)18(12)24/h4-5,8,10-11,13,26H,2-3,6-7,9H2,1H3. The molecule has 1 aromatic heterocycles. The number of halogens is 4. The van der Waals surface area contributed by atoms with Gasteiger partial charge in [-0.3, -0.25) is 0 Å². The lowest BCUT2D eigenvalue weighted by atomic mass is 9.90. The molecule has 0 bridgehead atoms. The highest BCUT2D eigenvalue weighted by atomic mass is 35.5. The number of pyridine rings is 1. The van der Waals surface area contributed by atoms with Gasteiger partial charge in [-0.05, 0) is 56.8 Å². The Balaban J connectivity index is 1.93. The lowest BCUT2D eigenvalue weighted by Gasteiger charge is -2.21. The first-order valence-corrected chi connectivity index (χ1v) is 9.75. The normalized spacial score (nSPS) is 18.8. The molecule has 1 unspecified atom stereocenters. The van der Waals surface area contributed by atoms with E-state index in [1.807, 2.05) is 7.05 Å². The zero-order valence-corrected chi connectivity index (χ0v) is 16.1. The minimum atomic E-state index is -1.05. The van der Waals surface area contributed by atoms with Crippen molar-refractivity contribution in [3.05, 3.63) is 51.9 Å². The van der Waals surface area contributed by atoms with Gasteiger partial charge >= 0.3 is 0 Å². The van der Waals surface area contributed by atoms with Gasteiger partial charge < -0.3 is 10.1 Å². The van der Waals surface area contributed by atoms with Gasteiger partial charge in [-0.1, -0.05) is 11.6 Å². The largest absolute Gasteiger partial charge is 0.319 e. The monoisotopic (exact) mass is 408 g/mol. The van der Waals surface area contributed by atoms with Crippen molar-refractivity contribution in [2.45, 2.75) is 37.0 Å². The molecule has 0 amide bonds. The fourth-order valence-corrected chi connectivity index (χ4v) is 3.97. The van der Waals surface area contributed by atoms with Crippen molar-refractivity contribution >= 4 is 17.9 Å². The molecule has 2 aromatic rings. The van der Waals surface area contributed by atoms with E-state index in [9.17, 15) is 13.6 Å². The molecule has 1 aromatic carbocycles. The van der Waals surface area contributed by atoms with Crippen LogP contribution >= 0.6 is 11.6 Å². The Labute approximate surface area is 166 Å². The smallest absolute Gasteiger partial charge is 0.154 e. The molecule has 148 valence electrons. The molecule has 2 saturated carbocycles. The highest BCUT2D eigenvalue weighted by Gasteiger charge is 2.47. The molecule has 1 N–H and O–H groups in total. The van der Waals surface area contributed by atoms with E-state index in [2.05, 4.69) is 10.3 Å². The second-order valence-electron chi connectivity index (χ2n) is 7.76. The van der Waals surface area contributed by atoms with Crippen molar-refractivity contribution in [2.24, 2.45) is 5.92 Å². The summed E-state index contributed by atoms with van der Waals surface area (Å²) in [6.07, 6.45) is 3.95. The van der Waals surface area contributed by atoms with Crippen LogP contribution in [0, 0.1) is 23.4 Å². The van der Waals surface area contributed by atoms with Crippen LogP contribution in [0.15, 0.2) is 18.2 Å². The number of hydrogen-bond acceptors (Lipinski definition) is 3. The van der Waals surface area contributed by atoms with Gasteiger partial charge in [0.05, 0.1) is 5.41 Å². The van der Waals surface area contributed by atoms with Crippen molar-refractivity contribution in [1.29, 1.82) is 0 Å². The molecule has 0 spiro atoms. The maximum absolute atomic E-state index is 15.4. The van der Waals surface area contributed by atoms with Crippen molar-refractivity contribution in [3.63, 3.8) is 0 Å². The van der Waals surface area contributed by atoms with E-state index in [0.29, 0.717) is 31.0 Å². The van der Waals surface area contributed by atoms with Crippen molar-refractivity contribution in [3.8, 4) is 11.3 Å². The molecule has 2 fully saturated rings. The van der Waals surface area contributed by atoms with Gasteiger partial charge in [-0.2, -0.15) is 0 Å². The molecule has 28 heavy (non-hydrogen) atoms. The molecule has 2 aliphatic rings. The molecular formula is C21H20ClF3N2O. The fraction of sp³-hybridized carbons (Fsp3) is 0.429. The number of nitrogens with zero attached hydrogens (tertiary/aromatic N) is 1. The summed E-state index contributed by atoms with van der Waals surface area (Å²) >= 11 is 5.70. The quantitative estimate of drug-likeness (QED) is 0.530. The lowest BCUT2D eigenvalue weighted by Crippen LogP contribution is -2.22. The van der Waals surface area contributed by atoms with Crippen LogP contribution in [0.1, 0.15) is 42.9 Å². The van der Waals surface area contributed by atoms with Crippen LogP contribution < -0.4 is 5.32 Å². The number of benzene rings is 1. The topological polar surface area (TPSA) is 42.0 Å². The average Bonchev–Trinajstić information content (AvgIpc) is 3.60. The number of carbonyl (C=O) groups excluding carboxylic acids is 1. The number of aldehydes is 1. The molecular weight excluding hydrogens is 389 g/mol. The van der Waals surface area contributed by atoms with Gasteiger partial charge in [0.25, 0.3) is 0 Å². The maximum atomic E-state index is 15.4. The molecule has 4 rings (SSSR count). The van der Waals surface area contributed by atoms with E-state index >= 15 is 4.39 Å². The highest BCUT2D eigenvalue weighted by molar-refractivity contribution is 6.31. The fourth-order valence-electron chi connectivity index (χ4n) is 3.81. The first-order valence-electron chi connectivity index (χ1n) is 9.37. The zero-order chi connectivity index (χ0) is 20.1. The summed E-state index contributed by atoms with van der Waals surface area (Å²) in [5.41, 5.74) is -0.445. The van der Waals surface area contributed by atoms with Crippen LogP contribution in [-0.4, -0.2) is 24.9 Å². The lowest BCUT2D eigenvalue weighted by molar-refractivity contribution is -0.109. The van der Waals surface area contributed by atoms with Crippen molar-refractivity contribution in [1.82, 2.24) is 10.3 Å². The number of rotatable bonds is 7. The summed E-state index contributed by atoms with van der Waals surface area (Å²) in [6, 6.07) is 3.79. The molecule has 0 aliphatic heterocycles. The summed E-state index contributed by atoms with van der Waals surface area (Å²) in [6.45, 7) is 0.642. The molecule has 3 nitrogen and oxygen atoms in total. The SMILES string of the molecule is CNCC(c1cc(C2(C=O)CC2)c(F)c(-c2ccc(F)c(Cl)c2F)n1)C1CC1. The Bertz CT molecular complexity index is 942. The Morgan fingerprint density at radius 2 is 2.00 bits per heavy atom.